The van der Waals surface area contributed by atoms with Crippen molar-refractivity contribution >= 4 is 5.91 Å². The van der Waals surface area contributed by atoms with Crippen LogP contribution in [0.3, 0.4) is 0 Å². The molecular weight excluding hydrogens is 390 g/mol. The largest absolute Gasteiger partial charge is 0.489 e. The zero-order valence-corrected chi connectivity index (χ0v) is 18.1. The van der Waals surface area contributed by atoms with Gasteiger partial charge in [-0.1, -0.05) is 47.6 Å². The second-order valence-electron chi connectivity index (χ2n) is 8.19. The van der Waals surface area contributed by atoms with Crippen LogP contribution in [0, 0.1) is 13.8 Å². The Labute approximate surface area is 183 Å². The molecule has 162 valence electrons. The topological polar surface area (TPSA) is 67.6 Å². The van der Waals surface area contributed by atoms with Gasteiger partial charge in [0.15, 0.2) is 0 Å². The predicted octanol–water partition coefficient (Wildman–Crippen LogP) is 3.80. The fraction of sp³-hybridized carbons (Fsp3) is 0.360. The minimum Gasteiger partial charge on any atom is -0.489 e. The third-order valence-corrected chi connectivity index (χ3v) is 5.74. The Morgan fingerprint density at radius 2 is 1.90 bits per heavy atom. The molecule has 1 saturated heterocycles. The number of hydrogen-bond donors (Lipinski definition) is 1. The van der Waals surface area contributed by atoms with Crippen molar-refractivity contribution in [3.8, 4) is 5.75 Å². The predicted molar refractivity (Wildman–Crippen MR) is 119 cm³/mol. The van der Waals surface area contributed by atoms with Crippen molar-refractivity contribution in [2.24, 2.45) is 0 Å². The normalized spacial score (nSPS) is 16.4. The molecule has 6 nitrogen and oxygen atoms in total. The molecule has 1 amide bonds. The van der Waals surface area contributed by atoms with E-state index in [0.717, 1.165) is 54.4 Å². The molecule has 0 saturated carbocycles. The molecule has 1 atom stereocenters. The molecule has 6 heteroatoms. The van der Waals surface area contributed by atoms with Crippen LogP contribution in [0.5, 0.6) is 5.75 Å². The molecule has 1 aromatic heterocycles. The monoisotopic (exact) mass is 419 g/mol. The summed E-state index contributed by atoms with van der Waals surface area (Å²) in [7, 11) is 0. The fourth-order valence-electron chi connectivity index (χ4n) is 3.97. The lowest BCUT2D eigenvalue weighted by atomic mass is 10.1. The Morgan fingerprint density at radius 3 is 2.61 bits per heavy atom. The average molecular weight is 420 g/mol. The van der Waals surface area contributed by atoms with Gasteiger partial charge in [0, 0.05) is 25.7 Å². The Hall–Kier alpha value is -3.12. The fourth-order valence-corrected chi connectivity index (χ4v) is 3.97. The summed E-state index contributed by atoms with van der Waals surface area (Å²) in [6, 6.07) is 18.4. The highest BCUT2D eigenvalue weighted by molar-refractivity contribution is 5.79. The van der Waals surface area contributed by atoms with Crippen molar-refractivity contribution in [2.45, 2.75) is 45.9 Å². The van der Waals surface area contributed by atoms with E-state index in [0.29, 0.717) is 13.0 Å². The highest BCUT2D eigenvalue weighted by atomic mass is 16.5. The van der Waals surface area contributed by atoms with E-state index >= 15 is 0 Å². The lowest BCUT2D eigenvalue weighted by molar-refractivity contribution is -0.121. The standard InChI is InChI=1S/C25H29N3O3/c1-18-24(19(2)31-27-18)17-30-23-10-8-20(9-11-23)14-25(29)26-22-12-13-28(16-22)15-21-6-4-3-5-7-21/h3-11,22H,12-17H2,1-2H3,(H,26,29)/t22-/m0/s1. The van der Waals surface area contributed by atoms with Crippen LogP contribution in [0.15, 0.2) is 59.1 Å². The van der Waals surface area contributed by atoms with Crippen molar-refractivity contribution in [3.63, 3.8) is 0 Å². The summed E-state index contributed by atoms with van der Waals surface area (Å²) in [5, 5.41) is 7.12. The van der Waals surface area contributed by atoms with Crippen LogP contribution >= 0.6 is 0 Å². The molecule has 4 rings (SSSR count). The van der Waals surface area contributed by atoms with E-state index in [4.69, 9.17) is 9.26 Å². The van der Waals surface area contributed by atoms with Gasteiger partial charge in [-0.2, -0.15) is 0 Å². The Balaban J connectivity index is 1.22. The zero-order chi connectivity index (χ0) is 21.6. The first kappa shape index (κ1) is 21.1. The number of amides is 1. The van der Waals surface area contributed by atoms with Crippen LogP contribution in [-0.2, 0) is 24.4 Å². The molecule has 1 N–H and O–H groups in total. The lowest BCUT2D eigenvalue weighted by Gasteiger charge is -2.17. The van der Waals surface area contributed by atoms with Crippen LogP contribution in [-0.4, -0.2) is 35.1 Å². The summed E-state index contributed by atoms with van der Waals surface area (Å²) >= 11 is 0. The molecule has 0 radical (unpaired) electrons. The van der Waals surface area contributed by atoms with Gasteiger partial charge in [0.05, 0.1) is 17.7 Å². The maximum absolute atomic E-state index is 12.5. The number of rotatable bonds is 8. The number of aryl methyl sites for hydroxylation is 2. The van der Waals surface area contributed by atoms with E-state index < -0.39 is 0 Å². The maximum Gasteiger partial charge on any atom is 0.224 e. The van der Waals surface area contributed by atoms with Gasteiger partial charge in [-0.15, -0.1) is 0 Å². The minimum absolute atomic E-state index is 0.0657. The highest BCUT2D eigenvalue weighted by Crippen LogP contribution is 2.18. The summed E-state index contributed by atoms with van der Waals surface area (Å²) in [6.45, 7) is 7.05. The first-order chi connectivity index (χ1) is 15.1. The van der Waals surface area contributed by atoms with Crippen LogP contribution in [0.25, 0.3) is 0 Å². The van der Waals surface area contributed by atoms with Crippen LogP contribution < -0.4 is 10.1 Å². The van der Waals surface area contributed by atoms with Gasteiger partial charge < -0.3 is 14.6 Å². The summed E-state index contributed by atoms with van der Waals surface area (Å²) < 4.78 is 11.0. The highest BCUT2D eigenvalue weighted by Gasteiger charge is 2.23. The van der Waals surface area contributed by atoms with Crippen LogP contribution in [0.4, 0.5) is 0 Å². The number of nitrogens with zero attached hydrogens (tertiary/aromatic N) is 2. The third-order valence-electron chi connectivity index (χ3n) is 5.74. The van der Waals surface area contributed by atoms with Crippen LogP contribution in [0.2, 0.25) is 0 Å². The number of carbonyl (C=O) groups is 1. The number of benzene rings is 2. The Morgan fingerprint density at radius 1 is 1.13 bits per heavy atom. The molecule has 2 aromatic carbocycles. The van der Waals surface area contributed by atoms with Crippen molar-refractivity contribution in [1.29, 1.82) is 0 Å². The van der Waals surface area contributed by atoms with Crippen LogP contribution in [0.1, 0.15) is 34.6 Å². The van der Waals surface area contributed by atoms with Crippen molar-refractivity contribution < 1.29 is 14.1 Å². The van der Waals surface area contributed by atoms with E-state index in [2.05, 4.69) is 39.6 Å². The van der Waals surface area contributed by atoms with E-state index in [9.17, 15) is 4.79 Å². The van der Waals surface area contributed by atoms with E-state index in [1.54, 1.807) is 0 Å². The number of hydrogen-bond acceptors (Lipinski definition) is 5. The molecule has 31 heavy (non-hydrogen) atoms. The van der Waals surface area contributed by atoms with Gasteiger partial charge in [0.1, 0.15) is 18.1 Å². The second kappa shape index (κ2) is 9.79. The quantitative estimate of drug-likeness (QED) is 0.602. The second-order valence-corrected chi connectivity index (χ2v) is 8.19. The number of carbonyl (C=O) groups excluding carboxylic acids is 1. The molecule has 0 aliphatic carbocycles. The van der Waals surface area contributed by atoms with Gasteiger partial charge in [-0.05, 0) is 43.5 Å². The minimum atomic E-state index is 0.0657. The molecule has 1 aliphatic heterocycles. The first-order valence-electron chi connectivity index (χ1n) is 10.8. The van der Waals surface area contributed by atoms with Crippen molar-refractivity contribution in [1.82, 2.24) is 15.4 Å². The Kier molecular flexibility index (Phi) is 6.67. The Bertz CT molecular complexity index is 979. The molecular formula is C25H29N3O3. The number of likely N-dealkylation sites (tertiary alicyclic amines) is 1. The van der Waals surface area contributed by atoms with Gasteiger partial charge in [0.25, 0.3) is 0 Å². The van der Waals surface area contributed by atoms with Gasteiger partial charge >= 0.3 is 0 Å². The molecule has 0 spiro atoms. The molecule has 3 aromatic rings. The number of nitrogens with one attached hydrogen (secondary N) is 1. The van der Waals surface area contributed by atoms with Gasteiger partial charge in [-0.25, -0.2) is 0 Å². The smallest absolute Gasteiger partial charge is 0.224 e. The number of ether oxygens (including phenoxy) is 1. The number of aromatic nitrogens is 1. The molecule has 1 aliphatic rings. The van der Waals surface area contributed by atoms with Gasteiger partial charge in [-0.3, -0.25) is 9.69 Å². The average Bonchev–Trinajstić information content (AvgIpc) is 3.34. The molecule has 1 fully saturated rings. The van der Waals surface area contributed by atoms with Crippen molar-refractivity contribution in [2.75, 3.05) is 13.1 Å². The molecule has 0 unspecified atom stereocenters. The maximum atomic E-state index is 12.5. The summed E-state index contributed by atoms with van der Waals surface area (Å²) in [5.41, 5.74) is 4.11. The van der Waals surface area contributed by atoms with E-state index in [1.165, 1.54) is 5.56 Å². The van der Waals surface area contributed by atoms with Gasteiger partial charge in [0.2, 0.25) is 5.91 Å². The molecule has 0 bridgehead atoms. The third kappa shape index (κ3) is 5.73. The summed E-state index contributed by atoms with van der Waals surface area (Å²) in [4.78, 5) is 14.9. The summed E-state index contributed by atoms with van der Waals surface area (Å²) in [6.07, 6.45) is 1.37. The molecule has 2 heterocycles. The van der Waals surface area contributed by atoms with E-state index in [-0.39, 0.29) is 11.9 Å². The van der Waals surface area contributed by atoms with E-state index in [1.807, 2.05) is 44.2 Å². The van der Waals surface area contributed by atoms with Crippen molar-refractivity contribution in [3.05, 3.63) is 82.7 Å². The first-order valence-corrected chi connectivity index (χ1v) is 10.8. The SMILES string of the molecule is Cc1noc(C)c1COc1ccc(CC(=O)N[C@H]2CCN(Cc3ccccc3)C2)cc1. The zero-order valence-electron chi connectivity index (χ0n) is 18.1. The lowest BCUT2D eigenvalue weighted by Crippen LogP contribution is -2.37. The summed E-state index contributed by atoms with van der Waals surface area (Å²) in [5.74, 6) is 1.60.